The molecule has 1 atom stereocenters. The summed E-state index contributed by atoms with van der Waals surface area (Å²) in [5, 5.41) is 0. The van der Waals surface area contributed by atoms with Gasteiger partial charge >= 0.3 is 0 Å². The van der Waals surface area contributed by atoms with Crippen molar-refractivity contribution in [2.75, 3.05) is 0 Å². The van der Waals surface area contributed by atoms with Crippen molar-refractivity contribution >= 4 is 0 Å². The maximum Gasteiger partial charge on any atom is 0.00637 e. The van der Waals surface area contributed by atoms with Gasteiger partial charge in [-0.05, 0) is 43.9 Å². The Labute approximate surface area is 111 Å². The van der Waals surface area contributed by atoms with E-state index in [9.17, 15) is 0 Å². The topological polar surface area (TPSA) is 0 Å². The summed E-state index contributed by atoms with van der Waals surface area (Å²) < 4.78 is 0. The second-order valence-corrected chi connectivity index (χ2v) is 5.29. The van der Waals surface area contributed by atoms with Gasteiger partial charge in [-0.15, -0.1) is 0 Å². The highest BCUT2D eigenvalue weighted by atomic mass is 14.2. The molecule has 0 heterocycles. The van der Waals surface area contributed by atoms with E-state index >= 15 is 0 Å². The molecule has 18 heavy (non-hydrogen) atoms. The lowest BCUT2D eigenvalue weighted by Crippen LogP contribution is -2.01. The van der Waals surface area contributed by atoms with Crippen molar-refractivity contribution in [2.24, 2.45) is 0 Å². The van der Waals surface area contributed by atoms with Crippen molar-refractivity contribution in [2.45, 2.75) is 40.0 Å². The summed E-state index contributed by atoms with van der Waals surface area (Å²) in [6, 6.07) is 10.8. The molecule has 0 amide bonds. The zero-order chi connectivity index (χ0) is 13.1. The number of rotatable bonds is 2. The molecule has 0 heteroatoms. The fourth-order valence-corrected chi connectivity index (χ4v) is 2.50. The maximum atomic E-state index is 2.35. The van der Waals surface area contributed by atoms with E-state index in [-0.39, 0.29) is 0 Å². The SMILES string of the molecule is CC1=CCC(C)=C(C)C(C(C)c2ccccc2)=C1. The summed E-state index contributed by atoms with van der Waals surface area (Å²) >= 11 is 0. The summed E-state index contributed by atoms with van der Waals surface area (Å²) in [5.74, 6) is 0.461. The molecule has 0 fully saturated rings. The Bertz CT molecular complexity index is 512. The normalized spacial score (nSPS) is 18.0. The third-order valence-electron chi connectivity index (χ3n) is 3.95. The zero-order valence-corrected chi connectivity index (χ0v) is 11.8. The highest BCUT2D eigenvalue weighted by Crippen LogP contribution is 2.34. The van der Waals surface area contributed by atoms with Crippen LogP contribution < -0.4 is 0 Å². The number of hydrogen-bond acceptors (Lipinski definition) is 0. The Hall–Kier alpha value is -1.56. The second kappa shape index (κ2) is 5.39. The highest BCUT2D eigenvalue weighted by molar-refractivity contribution is 5.47. The molecule has 1 aromatic rings. The molecule has 0 N–H and O–H groups in total. The van der Waals surface area contributed by atoms with Crippen LogP contribution in [0.1, 0.15) is 45.6 Å². The highest BCUT2D eigenvalue weighted by Gasteiger charge is 2.15. The molecule has 1 aromatic carbocycles. The monoisotopic (exact) mass is 238 g/mol. The molecule has 0 spiro atoms. The Morgan fingerprint density at radius 2 is 1.67 bits per heavy atom. The summed E-state index contributed by atoms with van der Waals surface area (Å²) in [7, 11) is 0. The standard InChI is InChI=1S/C18H22/c1-13-10-11-14(2)15(3)18(12-13)16(4)17-8-6-5-7-9-17/h5-10,12,16H,11H2,1-4H3. The van der Waals surface area contributed by atoms with Gasteiger partial charge in [0.05, 0.1) is 0 Å². The van der Waals surface area contributed by atoms with Crippen molar-refractivity contribution < 1.29 is 0 Å². The van der Waals surface area contributed by atoms with Gasteiger partial charge in [-0.1, -0.05) is 60.6 Å². The molecular formula is C18H22. The molecule has 2 rings (SSSR count). The lowest BCUT2D eigenvalue weighted by molar-refractivity contribution is 0.893. The predicted molar refractivity (Wildman–Crippen MR) is 79.7 cm³/mol. The van der Waals surface area contributed by atoms with Crippen LogP contribution in [0.25, 0.3) is 0 Å². The molecule has 0 saturated heterocycles. The maximum absolute atomic E-state index is 2.35. The van der Waals surface area contributed by atoms with E-state index in [0.717, 1.165) is 6.42 Å². The third kappa shape index (κ3) is 2.64. The van der Waals surface area contributed by atoms with Crippen LogP contribution in [0.5, 0.6) is 0 Å². The zero-order valence-electron chi connectivity index (χ0n) is 11.8. The first-order chi connectivity index (χ1) is 8.59. The summed E-state index contributed by atoms with van der Waals surface area (Å²) in [4.78, 5) is 0. The van der Waals surface area contributed by atoms with Gasteiger partial charge in [0.25, 0.3) is 0 Å². The fraction of sp³-hybridized carbons (Fsp3) is 0.333. The largest absolute Gasteiger partial charge is 0.0775 e. The predicted octanol–water partition coefficient (Wildman–Crippen LogP) is 5.40. The van der Waals surface area contributed by atoms with Crippen LogP contribution in [0, 0.1) is 0 Å². The van der Waals surface area contributed by atoms with Crippen LogP contribution >= 0.6 is 0 Å². The first-order valence-corrected chi connectivity index (χ1v) is 6.69. The molecular weight excluding hydrogens is 216 g/mol. The van der Waals surface area contributed by atoms with Gasteiger partial charge in [-0.25, -0.2) is 0 Å². The molecule has 0 nitrogen and oxygen atoms in total. The Kier molecular flexibility index (Phi) is 3.86. The van der Waals surface area contributed by atoms with E-state index in [4.69, 9.17) is 0 Å². The molecule has 0 bridgehead atoms. The molecule has 1 aliphatic rings. The van der Waals surface area contributed by atoms with Gasteiger partial charge in [0.2, 0.25) is 0 Å². The first kappa shape index (κ1) is 12.9. The molecule has 0 radical (unpaired) electrons. The Morgan fingerprint density at radius 1 is 1.00 bits per heavy atom. The van der Waals surface area contributed by atoms with E-state index in [2.05, 4.69) is 70.2 Å². The van der Waals surface area contributed by atoms with Gasteiger partial charge in [0.1, 0.15) is 0 Å². The minimum atomic E-state index is 0.461. The molecule has 0 saturated carbocycles. The minimum Gasteiger partial charge on any atom is -0.0775 e. The lowest BCUT2D eigenvalue weighted by Gasteiger charge is -2.18. The summed E-state index contributed by atoms with van der Waals surface area (Å²) in [6.07, 6.45) is 5.76. The van der Waals surface area contributed by atoms with E-state index in [1.807, 2.05) is 0 Å². The number of allylic oxidation sites excluding steroid dienone is 6. The Morgan fingerprint density at radius 3 is 2.33 bits per heavy atom. The number of hydrogen-bond donors (Lipinski definition) is 0. The molecule has 1 unspecified atom stereocenters. The summed E-state index contributed by atoms with van der Waals surface area (Å²) in [5.41, 5.74) is 7.18. The van der Waals surface area contributed by atoms with Gasteiger partial charge in [0, 0.05) is 5.92 Å². The van der Waals surface area contributed by atoms with E-state index < -0.39 is 0 Å². The van der Waals surface area contributed by atoms with E-state index in [1.54, 1.807) is 0 Å². The van der Waals surface area contributed by atoms with Crippen LogP contribution in [-0.2, 0) is 0 Å². The molecule has 0 aliphatic heterocycles. The van der Waals surface area contributed by atoms with Crippen molar-refractivity contribution in [1.82, 2.24) is 0 Å². The average Bonchev–Trinajstić information content (AvgIpc) is 2.52. The Balaban J connectivity index is 2.42. The lowest BCUT2D eigenvalue weighted by atomic mass is 9.86. The molecule has 0 aromatic heterocycles. The number of benzene rings is 1. The third-order valence-corrected chi connectivity index (χ3v) is 3.95. The van der Waals surface area contributed by atoms with Gasteiger partial charge in [-0.2, -0.15) is 0 Å². The van der Waals surface area contributed by atoms with Crippen molar-refractivity contribution in [3.8, 4) is 0 Å². The second-order valence-electron chi connectivity index (χ2n) is 5.29. The van der Waals surface area contributed by atoms with Crippen LogP contribution in [0.4, 0.5) is 0 Å². The van der Waals surface area contributed by atoms with Gasteiger partial charge < -0.3 is 0 Å². The van der Waals surface area contributed by atoms with Crippen LogP contribution in [0.3, 0.4) is 0 Å². The van der Waals surface area contributed by atoms with E-state index in [1.165, 1.54) is 27.9 Å². The quantitative estimate of drug-likeness (QED) is 0.647. The van der Waals surface area contributed by atoms with E-state index in [0.29, 0.717) is 5.92 Å². The molecule has 94 valence electrons. The average molecular weight is 238 g/mol. The van der Waals surface area contributed by atoms with Gasteiger partial charge in [-0.3, -0.25) is 0 Å². The van der Waals surface area contributed by atoms with Crippen molar-refractivity contribution in [1.29, 1.82) is 0 Å². The van der Waals surface area contributed by atoms with Crippen LogP contribution in [-0.4, -0.2) is 0 Å². The van der Waals surface area contributed by atoms with Crippen LogP contribution in [0.2, 0.25) is 0 Å². The minimum absolute atomic E-state index is 0.461. The first-order valence-electron chi connectivity index (χ1n) is 6.69. The van der Waals surface area contributed by atoms with Gasteiger partial charge in [0.15, 0.2) is 0 Å². The summed E-state index contributed by atoms with van der Waals surface area (Å²) in [6.45, 7) is 9.00. The van der Waals surface area contributed by atoms with Crippen molar-refractivity contribution in [3.05, 3.63) is 70.3 Å². The van der Waals surface area contributed by atoms with Crippen LogP contribution in [0.15, 0.2) is 64.8 Å². The smallest absolute Gasteiger partial charge is 0.00637 e. The fourth-order valence-electron chi connectivity index (χ4n) is 2.50. The van der Waals surface area contributed by atoms with Crippen molar-refractivity contribution in [3.63, 3.8) is 0 Å². The molecule has 1 aliphatic carbocycles.